The van der Waals surface area contributed by atoms with Gasteiger partial charge in [-0.3, -0.25) is 0 Å². The van der Waals surface area contributed by atoms with Gasteiger partial charge in [-0.15, -0.1) is 16.4 Å². The summed E-state index contributed by atoms with van der Waals surface area (Å²) < 4.78 is 0. The van der Waals surface area contributed by atoms with Crippen LogP contribution in [0.1, 0.15) is 10.6 Å². The van der Waals surface area contributed by atoms with Crippen LogP contribution < -0.4 is 4.84 Å². The van der Waals surface area contributed by atoms with Gasteiger partial charge in [-0.05, 0) is 30.3 Å². The van der Waals surface area contributed by atoms with Crippen molar-refractivity contribution in [2.75, 3.05) is 0 Å². The second-order valence-corrected chi connectivity index (χ2v) is 6.78. The van der Waals surface area contributed by atoms with Gasteiger partial charge in [0.05, 0.1) is 10.6 Å². The number of rotatable bonds is 4. The molecule has 0 unspecified atom stereocenters. The van der Waals surface area contributed by atoms with E-state index in [0.29, 0.717) is 11.6 Å². The van der Waals surface area contributed by atoms with Gasteiger partial charge in [0.1, 0.15) is 16.0 Å². The maximum Gasteiger partial charge on any atom is 0.153 e. The minimum absolute atomic E-state index is 0.376. The highest BCUT2D eigenvalue weighted by atomic mass is 35.5. The summed E-state index contributed by atoms with van der Waals surface area (Å²) in [4.78, 5) is 12.9. The normalized spacial score (nSPS) is 11.1. The zero-order valence-corrected chi connectivity index (χ0v) is 14.4. The van der Waals surface area contributed by atoms with Crippen LogP contribution in [-0.2, 0) is 6.61 Å². The first kappa shape index (κ1) is 15.1. The number of benzene rings is 2. The Labute approximate surface area is 147 Å². The van der Waals surface area contributed by atoms with Gasteiger partial charge >= 0.3 is 0 Å². The molecule has 7 heteroatoms. The fourth-order valence-corrected chi connectivity index (χ4v) is 3.49. The predicted molar refractivity (Wildman–Crippen MR) is 95.1 cm³/mol. The van der Waals surface area contributed by atoms with Gasteiger partial charge in [0.15, 0.2) is 6.61 Å². The number of nitrogens with zero attached hydrogens (tertiary/aromatic N) is 4. The second-order valence-electron chi connectivity index (χ2n) is 5.26. The molecule has 5 nitrogen and oxygen atoms in total. The van der Waals surface area contributed by atoms with Crippen LogP contribution in [0.4, 0.5) is 0 Å². The molecule has 0 N–H and O–H groups in total. The summed E-state index contributed by atoms with van der Waals surface area (Å²) in [5.41, 5.74) is 3.55. The van der Waals surface area contributed by atoms with Crippen LogP contribution in [0.2, 0.25) is 5.02 Å². The number of fused-ring (bicyclic) bond motifs is 1. The Hall–Kier alpha value is -2.44. The Balaban J connectivity index is 1.57. The topological polar surface area (TPSA) is 52.8 Å². The lowest BCUT2D eigenvalue weighted by atomic mass is 10.2. The van der Waals surface area contributed by atoms with E-state index in [-0.39, 0.29) is 0 Å². The summed E-state index contributed by atoms with van der Waals surface area (Å²) in [7, 11) is 0. The molecule has 0 radical (unpaired) electrons. The minimum atomic E-state index is 0.376. The summed E-state index contributed by atoms with van der Waals surface area (Å²) in [5, 5.41) is 9.69. The highest BCUT2D eigenvalue weighted by molar-refractivity contribution is 7.15. The van der Waals surface area contributed by atoms with Gasteiger partial charge in [-0.2, -0.15) is 0 Å². The lowest BCUT2D eigenvalue weighted by Gasteiger charge is -2.04. The molecule has 0 aliphatic carbocycles. The molecule has 120 valence electrons. The molecule has 0 saturated carbocycles. The second kappa shape index (κ2) is 6.22. The van der Waals surface area contributed by atoms with Crippen LogP contribution in [0.15, 0.2) is 48.5 Å². The van der Waals surface area contributed by atoms with E-state index in [4.69, 9.17) is 16.4 Å². The number of thiazole rings is 1. The molecule has 0 fully saturated rings. The molecule has 2 aromatic carbocycles. The van der Waals surface area contributed by atoms with Gasteiger partial charge in [0.2, 0.25) is 0 Å². The zero-order chi connectivity index (χ0) is 16.5. The third kappa shape index (κ3) is 2.86. The molecule has 0 bridgehead atoms. The quantitative estimate of drug-likeness (QED) is 0.551. The minimum Gasteiger partial charge on any atom is -0.389 e. The fourth-order valence-electron chi connectivity index (χ4n) is 2.35. The average Bonchev–Trinajstić information content (AvgIpc) is 3.17. The summed E-state index contributed by atoms with van der Waals surface area (Å²) >= 11 is 7.65. The lowest BCUT2D eigenvalue weighted by molar-refractivity contribution is 0.0764. The molecule has 0 atom stereocenters. The maximum absolute atomic E-state index is 6.03. The van der Waals surface area contributed by atoms with Crippen LogP contribution in [0, 0.1) is 6.92 Å². The van der Waals surface area contributed by atoms with Gasteiger partial charge in [0, 0.05) is 10.6 Å². The van der Waals surface area contributed by atoms with E-state index >= 15 is 0 Å². The summed E-state index contributed by atoms with van der Waals surface area (Å²) in [6.07, 6.45) is 0. The highest BCUT2D eigenvalue weighted by Crippen LogP contribution is 2.28. The van der Waals surface area contributed by atoms with Crippen molar-refractivity contribution in [3.05, 3.63) is 64.1 Å². The lowest BCUT2D eigenvalue weighted by Crippen LogP contribution is -2.12. The zero-order valence-electron chi connectivity index (χ0n) is 12.8. The van der Waals surface area contributed by atoms with Gasteiger partial charge in [-0.25, -0.2) is 4.98 Å². The largest absolute Gasteiger partial charge is 0.389 e. The van der Waals surface area contributed by atoms with E-state index < -0.39 is 0 Å². The van der Waals surface area contributed by atoms with Crippen molar-refractivity contribution in [3.8, 4) is 10.6 Å². The summed E-state index contributed by atoms with van der Waals surface area (Å²) in [6.45, 7) is 2.36. The monoisotopic (exact) mass is 356 g/mol. The first-order chi connectivity index (χ1) is 11.7. The Morgan fingerprint density at radius 2 is 2.00 bits per heavy atom. The molecular formula is C17H13ClN4OS. The molecule has 4 aromatic rings. The first-order valence-electron chi connectivity index (χ1n) is 7.37. The smallest absolute Gasteiger partial charge is 0.153 e. The van der Waals surface area contributed by atoms with Crippen molar-refractivity contribution in [2.45, 2.75) is 13.5 Å². The van der Waals surface area contributed by atoms with E-state index in [1.165, 1.54) is 4.85 Å². The standard InChI is InChI=1S/C17H13ClN4OS/c1-11-16(24-17(19-11)12-5-3-2-4-6-12)10-23-22-15-9-13(18)7-8-14(15)20-21-22/h2-9H,10H2,1H3. The Kier molecular flexibility index (Phi) is 3.92. The van der Waals surface area contributed by atoms with E-state index in [1.807, 2.05) is 31.2 Å². The van der Waals surface area contributed by atoms with E-state index in [1.54, 1.807) is 23.5 Å². The van der Waals surface area contributed by atoms with E-state index in [2.05, 4.69) is 27.4 Å². The number of aryl methyl sites for hydroxylation is 1. The number of hydrogen-bond donors (Lipinski definition) is 0. The summed E-state index contributed by atoms with van der Waals surface area (Å²) in [5.74, 6) is 0. The van der Waals surface area contributed by atoms with Crippen molar-refractivity contribution in [3.63, 3.8) is 0 Å². The third-order valence-corrected chi connectivity index (χ3v) is 5.02. The van der Waals surface area contributed by atoms with Crippen molar-refractivity contribution >= 4 is 34.0 Å². The Morgan fingerprint density at radius 1 is 1.17 bits per heavy atom. The molecule has 2 aromatic heterocycles. The molecule has 2 heterocycles. The summed E-state index contributed by atoms with van der Waals surface area (Å²) in [6, 6.07) is 15.5. The first-order valence-corrected chi connectivity index (χ1v) is 8.56. The molecule has 24 heavy (non-hydrogen) atoms. The van der Waals surface area contributed by atoms with Crippen LogP contribution in [0.3, 0.4) is 0 Å². The van der Waals surface area contributed by atoms with Crippen molar-refractivity contribution in [2.24, 2.45) is 0 Å². The van der Waals surface area contributed by atoms with E-state index in [9.17, 15) is 0 Å². The van der Waals surface area contributed by atoms with Crippen LogP contribution >= 0.6 is 22.9 Å². The van der Waals surface area contributed by atoms with Gasteiger partial charge in [0.25, 0.3) is 0 Å². The van der Waals surface area contributed by atoms with Crippen LogP contribution in [0.25, 0.3) is 21.6 Å². The Bertz CT molecular complexity index is 996. The van der Waals surface area contributed by atoms with Crippen molar-refractivity contribution in [1.82, 2.24) is 20.1 Å². The number of hydrogen-bond acceptors (Lipinski definition) is 5. The molecule has 0 aliphatic rings. The van der Waals surface area contributed by atoms with Crippen LogP contribution in [-0.4, -0.2) is 20.1 Å². The molecule has 0 aliphatic heterocycles. The molecular weight excluding hydrogens is 344 g/mol. The molecule has 0 spiro atoms. The van der Waals surface area contributed by atoms with Crippen molar-refractivity contribution < 1.29 is 4.84 Å². The fraction of sp³-hybridized carbons (Fsp3) is 0.118. The predicted octanol–water partition coefficient (Wildman–Crippen LogP) is 4.15. The molecule has 4 rings (SSSR count). The van der Waals surface area contributed by atoms with Crippen LogP contribution in [0.5, 0.6) is 0 Å². The maximum atomic E-state index is 6.03. The van der Waals surface area contributed by atoms with Gasteiger partial charge < -0.3 is 4.84 Å². The van der Waals surface area contributed by atoms with Crippen molar-refractivity contribution in [1.29, 1.82) is 0 Å². The number of halogens is 1. The molecule has 0 amide bonds. The van der Waals surface area contributed by atoms with Gasteiger partial charge in [-0.1, -0.05) is 46.8 Å². The SMILES string of the molecule is Cc1nc(-c2ccccc2)sc1COn1nnc2ccc(Cl)cc21. The average molecular weight is 357 g/mol. The third-order valence-electron chi connectivity index (χ3n) is 3.61. The number of aromatic nitrogens is 4. The molecule has 0 saturated heterocycles. The highest BCUT2D eigenvalue weighted by Gasteiger charge is 2.12. The Morgan fingerprint density at radius 3 is 2.83 bits per heavy atom. The van der Waals surface area contributed by atoms with E-state index in [0.717, 1.165) is 32.2 Å².